The van der Waals surface area contributed by atoms with Crippen LogP contribution in [-0.2, 0) is 6.42 Å². The zero-order chi connectivity index (χ0) is 8.84. The summed E-state index contributed by atoms with van der Waals surface area (Å²) < 4.78 is 0. The number of hydrogen-bond donors (Lipinski definition) is 1. The average Bonchev–Trinajstić information content (AvgIpc) is 2.48. The van der Waals surface area contributed by atoms with Gasteiger partial charge in [-0.3, -0.25) is 0 Å². The van der Waals surface area contributed by atoms with Crippen LogP contribution in [-0.4, -0.2) is 6.04 Å². The normalized spacial score (nSPS) is 30.2. The molecule has 2 aliphatic heterocycles. The summed E-state index contributed by atoms with van der Waals surface area (Å²) in [5, 5.41) is 4.54. The van der Waals surface area contributed by atoms with Gasteiger partial charge in [-0.15, -0.1) is 0 Å². The predicted molar refractivity (Wildman–Crippen MR) is 54.1 cm³/mol. The van der Waals surface area contributed by atoms with Crippen molar-refractivity contribution in [3.8, 4) is 0 Å². The molecule has 3 rings (SSSR count). The van der Waals surface area contributed by atoms with Gasteiger partial charge in [-0.2, -0.15) is 0 Å². The maximum atomic E-state index is 6.19. The third-order valence-corrected chi connectivity index (χ3v) is 3.53. The molecule has 0 radical (unpaired) electrons. The fourth-order valence-electron chi connectivity index (χ4n) is 2.62. The van der Waals surface area contributed by atoms with Crippen molar-refractivity contribution in [2.45, 2.75) is 31.3 Å². The number of halogens is 1. The lowest BCUT2D eigenvalue weighted by Gasteiger charge is -2.25. The van der Waals surface area contributed by atoms with Gasteiger partial charge in [0.05, 0.1) is 0 Å². The number of rotatable bonds is 0. The van der Waals surface area contributed by atoms with Gasteiger partial charge in [0.1, 0.15) is 0 Å². The summed E-state index contributed by atoms with van der Waals surface area (Å²) in [5.74, 6) is 0. The number of nitrogens with one attached hydrogen (secondary N) is 1. The first-order valence-corrected chi connectivity index (χ1v) is 5.26. The summed E-state index contributed by atoms with van der Waals surface area (Å²) in [4.78, 5) is 0. The predicted octanol–water partition coefficient (Wildman–Crippen LogP) is 2.69. The van der Waals surface area contributed by atoms with Gasteiger partial charge in [-0.25, -0.2) is 0 Å². The molecule has 2 heterocycles. The topological polar surface area (TPSA) is 12.0 Å². The zero-order valence-electron chi connectivity index (χ0n) is 7.39. The molecule has 1 saturated heterocycles. The van der Waals surface area contributed by atoms with Crippen LogP contribution in [0.25, 0.3) is 0 Å². The molecule has 0 amide bonds. The van der Waals surface area contributed by atoms with Crippen molar-refractivity contribution in [1.29, 1.82) is 0 Å². The Kier molecular flexibility index (Phi) is 1.64. The van der Waals surface area contributed by atoms with E-state index in [0.29, 0.717) is 12.1 Å². The van der Waals surface area contributed by atoms with Gasteiger partial charge in [-0.1, -0.05) is 23.7 Å². The molecule has 2 atom stereocenters. The largest absolute Gasteiger partial charge is 0.307 e. The van der Waals surface area contributed by atoms with Gasteiger partial charge >= 0.3 is 0 Å². The molecule has 1 aromatic rings. The Morgan fingerprint density at radius 2 is 2.23 bits per heavy atom. The Morgan fingerprint density at radius 1 is 1.31 bits per heavy atom. The Labute approximate surface area is 83.1 Å². The van der Waals surface area contributed by atoms with E-state index in [2.05, 4.69) is 17.4 Å². The minimum Gasteiger partial charge on any atom is -0.307 e. The van der Waals surface area contributed by atoms with Gasteiger partial charge in [0.15, 0.2) is 0 Å². The van der Waals surface area contributed by atoms with Crippen LogP contribution in [0.3, 0.4) is 0 Å². The van der Waals surface area contributed by atoms with Gasteiger partial charge in [0, 0.05) is 17.1 Å². The lowest BCUT2D eigenvalue weighted by atomic mass is 9.95. The summed E-state index contributed by atoms with van der Waals surface area (Å²) in [6, 6.07) is 7.51. The van der Waals surface area contributed by atoms with Crippen molar-refractivity contribution < 1.29 is 0 Å². The molecule has 1 fully saturated rings. The van der Waals surface area contributed by atoms with Crippen molar-refractivity contribution >= 4 is 11.6 Å². The zero-order valence-corrected chi connectivity index (χ0v) is 8.14. The van der Waals surface area contributed by atoms with Crippen molar-refractivity contribution in [2.75, 3.05) is 0 Å². The maximum Gasteiger partial charge on any atom is 0.0456 e. The second-order valence-corrected chi connectivity index (χ2v) is 4.42. The fourth-order valence-corrected chi connectivity index (χ4v) is 2.95. The first-order chi connectivity index (χ1) is 6.34. The van der Waals surface area contributed by atoms with Crippen LogP contribution in [0.2, 0.25) is 5.02 Å². The summed E-state index contributed by atoms with van der Waals surface area (Å²) in [5.41, 5.74) is 2.82. The smallest absolute Gasteiger partial charge is 0.0456 e. The van der Waals surface area contributed by atoms with Crippen LogP contribution in [0.1, 0.15) is 30.0 Å². The molecular formula is C11H12ClN. The van der Waals surface area contributed by atoms with Gasteiger partial charge < -0.3 is 5.32 Å². The van der Waals surface area contributed by atoms with E-state index in [9.17, 15) is 0 Å². The Balaban J connectivity index is 2.17. The van der Waals surface area contributed by atoms with E-state index in [1.54, 1.807) is 0 Å². The molecule has 1 aromatic carbocycles. The van der Waals surface area contributed by atoms with Gasteiger partial charge in [-0.05, 0) is 36.5 Å². The van der Waals surface area contributed by atoms with Crippen LogP contribution in [0.15, 0.2) is 18.2 Å². The van der Waals surface area contributed by atoms with Crippen LogP contribution in [0.4, 0.5) is 0 Å². The van der Waals surface area contributed by atoms with Crippen LogP contribution < -0.4 is 5.32 Å². The van der Waals surface area contributed by atoms with E-state index in [0.717, 1.165) is 11.4 Å². The molecule has 0 aromatic heterocycles. The lowest BCUT2D eigenvalue weighted by Crippen LogP contribution is -2.31. The minimum absolute atomic E-state index is 0.530. The number of benzene rings is 1. The van der Waals surface area contributed by atoms with E-state index < -0.39 is 0 Å². The highest BCUT2D eigenvalue weighted by atomic mass is 35.5. The number of fused-ring (bicyclic) bond motifs is 4. The van der Waals surface area contributed by atoms with E-state index in [1.807, 2.05) is 6.07 Å². The number of hydrogen-bond acceptors (Lipinski definition) is 1. The third-order valence-electron chi connectivity index (χ3n) is 3.20. The maximum absolute atomic E-state index is 6.19. The second kappa shape index (κ2) is 2.73. The molecule has 0 aliphatic carbocycles. The molecule has 1 N–H and O–H groups in total. The standard InChI is InChI=1S/C11H12ClN/c12-9-3-1-2-7-6-8-4-5-10(13-8)11(7)9/h1-3,8,10,13H,4-6H2. The van der Waals surface area contributed by atoms with E-state index in [1.165, 1.54) is 24.0 Å². The van der Waals surface area contributed by atoms with Crippen molar-refractivity contribution in [3.05, 3.63) is 34.3 Å². The monoisotopic (exact) mass is 193 g/mol. The highest BCUT2D eigenvalue weighted by Gasteiger charge is 2.32. The Morgan fingerprint density at radius 3 is 3.15 bits per heavy atom. The molecule has 2 bridgehead atoms. The van der Waals surface area contributed by atoms with Crippen LogP contribution in [0.5, 0.6) is 0 Å². The van der Waals surface area contributed by atoms with E-state index in [4.69, 9.17) is 11.6 Å². The highest BCUT2D eigenvalue weighted by molar-refractivity contribution is 6.31. The molecule has 0 saturated carbocycles. The van der Waals surface area contributed by atoms with Crippen LogP contribution in [0, 0.1) is 0 Å². The van der Waals surface area contributed by atoms with E-state index >= 15 is 0 Å². The molecule has 13 heavy (non-hydrogen) atoms. The molecule has 1 nitrogen and oxygen atoms in total. The quantitative estimate of drug-likeness (QED) is 0.668. The third kappa shape index (κ3) is 1.11. The first-order valence-electron chi connectivity index (χ1n) is 4.88. The Bertz CT molecular complexity index is 348. The summed E-state index contributed by atoms with van der Waals surface area (Å²) in [7, 11) is 0. The van der Waals surface area contributed by atoms with Gasteiger partial charge in [0.25, 0.3) is 0 Å². The molecule has 2 aliphatic rings. The molecule has 2 unspecified atom stereocenters. The summed E-state index contributed by atoms with van der Waals surface area (Å²) in [6.45, 7) is 0. The molecule has 68 valence electrons. The molecule has 0 spiro atoms. The van der Waals surface area contributed by atoms with Crippen molar-refractivity contribution in [2.24, 2.45) is 0 Å². The van der Waals surface area contributed by atoms with Gasteiger partial charge in [0.2, 0.25) is 0 Å². The average molecular weight is 194 g/mol. The lowest BCUT2D eigenvalue weighted by molar-refractivity contribution is 0.515. The fraction of sp³-hybridized carbons (Fsp3) is 0.455. The van der Waals surface area contributed by atoms with Crippen LogP contribution >= 0.6 is 11.6 Å². The van der Waals surface area contributed by atoms with Crippen molar-refractivity contribution in [3.63, 3.8) is 0 Å². The molecular weight excluding hydrogens is 182 g/mol. The SMILES string of the molecule is Clc1cccc2c1C1CCC(C2)N1. The first kappa shape index (κ1) is 7.84. The van der Waals surface area contributed by atoms with E-state index in [-0.39, 0.29) is 0 Å². The summed E-state index contributed by atoms with van der Waals surface area (Å²) in [6.07, 6.45) is 3.71. The molecule has 2 heteroatoms. The Hall–Kier alpha value is -0.530. The summed E-state index contributed by atoms with van der Waals surface area (Å²) >= 11 is 6.19. The minimum atomic E-state index is 0.530. The van der Waals surface area contributed by atoms with Crippen molar-refractivity contribution in [1.82, 2.24) is 5.32 Å². The second-order valence-electron chi connectivity index (χ2n) is 4.01. The highest BCUT2D eigenvalue weighted by Crippen LogP contribution is 2.39.